The molecule has 3 aromatic heterocycles. The molecule has 0 aromatic carbocycles. The number of nitrogens with zero attached hydrogens (tertiary/aromatic N) is 1. The first-order chi connectivity index (χ1) is 11.0. The Morgan fingerprint density at radius 3 is 2.91 bits per heavy atom. The Morgan fingerprint density at radius 1 is 1.39 bits per heavy atom. The predicted molar refractivity (Wildman–Crippen MR) is 93.9 cm³/mol. The largest absolute Gasteiger partial charge is 0.467 e. The van der Waals surface area contributed by atoms with Crippen molar-refractivity contribution in [2.75, 3.05) is 0 Å². The monoisotopic (exact) mass is 328 g/mol. The fourth-order valence-corrected chi connectivity index (χ4v) is 3.46. The van der Waals surface area contributed by atoms with E-state index in [0.29, 0.717) is 18.8 Å². The Labute approximate surface area is 139 Å². The molecule has 3 heterocycles. The van der Waals surface area contributed by atoms with E-state index in [0.717, 1.165) is 16.0 Å². The number of carbonyl (C=O) groups is 1. The molecular formula is C18H20N2O2S. The van der Waals surface area contributed by atoms with Crippen LogP contribution in [-0.2, 0) is 13.1 Å². The van der Waals surface area contributed by atoms with Gasteiger partial charge in [-0.3, -0.25) is 4.79 Å². The molecule has 0 aliphatic heterocycles. The minimum atomic E-state index is -0.0791. The average molecular weight is 328 g/mol. The number of amides is 1. The van der Waals surface area contributed by atoms with Crippen molar-refractivity contribution in [3.63, 3.8) is 0 Å². The van der Waals surface area contributed by atoms with E-state index in [9.17, 15) is 4.79 Å². The SMILES string of the molecule is CC(C)=CCn1c(C(=O)NCc2ccco2)cc2sc(C)cc21. The van der Waals surface area contributed by atoms with Crippen molar-refractivity contribution in [2.45, 2.75) is 33.9 Å². The zero-order chi connectivity index (χ0) is 16.4. The van der Waals surface area contributed by atoms with Gasteiger partial charge in [0.15, 0.2) is 0 Å². The van der Waals surface area contributed by atoms with Crippen molar-refractivity contribution < 1.29 is 9.21 Å². The first kappa shape index (κ1) is 15.6. The molecule has 0 saturated carbocycles. The van der Waals surface area contributed by atoms with Gasteiger partial charge in [-0.25, -0.2) is 0 Å². The number of thiophene rings is 1. The second kappa shape index (κ2) is 6.46. The van der Waals surface area contributed by atoms with Crippen LogP contribution >= 0.6 is 11.3 Å². The lowest BCUT2D eigenvalue weighted by atomic mass is 10.3. The Bertz CT molecular complexity index is 849. The van der Waals surface area contributed by atoms with Crippen molar-refractivity contribution in [3.8, 4) is 0 Å². The van der Waals surface area contributed by atoms with E-state index < -0.39 is 0 Å². The normalized spacial score (nSPS) is 10.9. The van der Waals surface area contributed by atoms with Crippen LogP contribution in [0.25, 0.3) is 10.2 Å². The van der Waals surface area contributed by atoms with Gasteiger partial charge >= 0.3 is 0 Å². The van der Waals surface area contributed by atoms with Crippen LogP contribution < -0.4 is 5.32 Å². The molecule has 0 aliphatic carbocycles. The molecule has 4 nitrogen and oxygen atoms in total. The number of rotatable bonds is 5. The zero-order valence-corrected chi connectivity index (χ0v) is 14.4. The summed E-state index contributed by atoms with van der Waals surface area (Å²) in [6.07, 6.45) is 3.74. The molecule has 0 bridgehead atoms. The van der Waals surface area contributed by atoms with Gasteiger partial charge in [0.2, 0.25) is 0 Å². The number of fused-ring (bicyclic) bond motifs is 1. The first-order valence-corrected chi connectivity index (χ1v) is 8.40. The van der Waals surface area contributed by atoms with Gasteiger partial charge in [-0.15, -0.1) is 11.3 Å². The van der Waals surface area contributed by atoms with Gasteiger partial charge in [-0.05, 0) is 45.0 Å². The topological polar surface area (TPSA) is 47.2 Å². The van der Waals surface area contributed by atoms with Gasteiger partial charge in [-0.2, -0.15) is 0 Å². The number of allylic oxidation sites excluding steroid dienone is 2. The Balaban J connectivity index is 1.88. The van der Waals surface area contributed by atoms with Crippen molar-refractivity contribution in [3.05, 3.63) is 58.5 Å². The van der Waals surface area contributed by atoms with E-state index in [2.05, 4.69) is 42.8 Å². The van der Waals surface area contributed by atoms with Crippen LogP contribution in [0.5, 0.6) is 0 Å². The van der Waals surface area contributed by atoms with Crippen molar-refractivity contribution in [2.24, 2.45) is 0 Å². The van der Waals surface area contributed by atoms with Gasteiger partial charge < -0.3 is 14.3 Å². The highest BCUT2D eigenvalue weighted by Crippen LogP contribution is 2.29. The van der Waals surface area contributed by atoms with Crippen molar-refractivity contribution in [1.82, 2.24) is 9.88 Å². The maximum absolute atomic E-state index is 12.6. The van der Waals surface area contributed by atoms with Crippen LogP contribution in [0, 0.1) is 6.92 Å². The smallest absolute Gasteiger partial charge is 0.268 e. The van der Waals surface area contributed by atoms with Crippen LogP contribution in [0.4, 0.5) is 0 Å². The summed E-state index contributed by atoms with van der Waals surface area (Å²) in [5.41, 5.74) is 3.05. The van der Waals surface area contributed by atoms with Crippen molar-refractivity contribution >= 4 is 27.5 Å². The molecule has 120 valence electrons. The Hall–Kier alpha value is -2.27. The molecule has 3 rings (SSSR count). The Morgan fingerprint density at radius 2 is 2.22 bits per heavy atom. The number of nitrogens with one attached hydrogen (secondary N) is 1. The fourth-order valence-electron chi connectivity index (χ4n) is 2.49. The zero-order valence-electron chi connectivity index (χ0n) is 13.6. The van der Waals surface area contributed by atoms with Crippen LogP contribution in [0.3, 0.4) is 0 Å². The minimum absolute atomic E-state index is 0.0791. The van der Waals surface area contributed by atoms with Crippen LogP contribution in [-0.4, -0.2) is 10.5 Å². The molecule has 0 spiro atoms. The van der Waals surface area contributed by atoms with Crippen LogP contribution in [0.2, 0.25) is 0 Å². The molecule has 0 fully saturated rings. The molecular weight excluding hydrogens is 308 g/mol. The third-order valence-corrected chi connectivity index (χ3v) is 4.62. The summed E-state index contributed by atoms with van der Waals surface area (Å²) in [6, 6.07) is 7.79. The minimum Gasteiger partial charge on any atom is -0.467 e. The first-order valence-electron chi connectivity index (χ1n) is 7.58. The number of aromatic nitrogens is 1. The summed E-state index contributed by atoms with van der Waals surface area (Å²) in [6.45, 7) is 7.32. The molecule has 0 aliphatic rings. The summed E-state index contributed by atoms with van der Waals surface area (Å²) >= 11 is 1.71. The molecule has 0 radical (unpaired) electrons. The third kappa shape index (κ3) is 3.40. The molecule has 5 heteroatoms. The maximum atomic E-state index is 12.6. The average Bonchev–Trinajstić information content (AvgIpc) is 3.18. The van der Waals surface area contributed by atoms with Crippen LogP contribution in [0.15, 0.2) is 46.6 Å². The van der Waals surface area contributed by atoms with Gasteiger partial charge in [0.25, 0.3) is 5.91 Å². The molecule has 0 atom stereocenters. The van der Waals surface area contributed by atoms with Crippen molar-refractivity contribution in [1.29, 1.82) is 0 Å². The molecule has 3 aromatic rings. The van der Waals surface area contributed by atoms with Crippen LogP contribution in [0.1, 0.15) is 35.0 Å². The highest BCUT2D eigenvalue weighted by atomic mass is 32.1. The summed E-state index contributed by atoms with van der Waals surface area (Å²) in [5, 5.41) is 2.93. The number of hydrogen-bond acceptors (Lipinski definition) is 3. The number of furan rings is 1. The highest BCUT2D eigenvalue weighted by Gasteiger charge is 2.16. The Kier molecular flexibility index (Phi) is 4.39. The van der Waals surface area contributed by atoms with E-state index in [1.165, 1.54) is 10.5 Å². The lowest BCUT2D eigenvalue weighted by Crippen LogP contribution is -2.25. The van der Waals surface area contributed by atoms with Gasteiger partial charge in [0.05, 0.1) is 23.0 Å². The predicted octanol–water partition coefficient (Wildman–Crippen LogP) is 4.50. The van der Waals surface area contributed by atoms with E-state index >= 15 is 0 Å². The number of hydrogen-bond donors (Lipinski definition) is 1. The maximum Gasteiger partial charge on any atom is 0.268 e. The summed E-state index contributed by atoms with van der Waals surface area (Å²) < 4.78 is 8.48. The fraction of sp³-hybridized carbons (Fsp3) is 0.278. The van der Waals surface area contributed by atoms with Gasteiger partial charge in [0, 0.05) is 11.4 Å². The number of aryl methyl sites for hydroxylation is 1. The molecule has 0 saturated heterocycles. The van der Waals surface area contributed by atoms with Gasteiger partial charge in [0.1, 0.15) is 11.5 Å². The summed E-state index contributed by atoms with van der Waals surface area (Å²) in [7, 11) is 0. The molecule has 23 heavy (non-hydrogen) atoms. The lowest BCUT2D eigenvalue weighted by Gasteiger charge is -2.08. The van der Waals surface area contributed by atoms with E-state index in [1.54, 1.807) is 17.6 Å². The van der Waals surface area contributed by atoms with E-state index in [4.69, 9.17) is 4.42 Å². The van der Waals surface area contributed by atoms with Gasteiger partial charge in [-0.1, -0.05) is 11.6 Å². The van der Waals surface area contributed by atoms with E-state index in [-0.39, 0.29) is 5.91 Å². The quantitative estimate of drug-likeness (QED) is 0.701. The highest BCUT2D eigenvalue weighted by molar-refractivity contribution is 7.19. The summed E-state index contributed by atoms with van der Waals surface area (Å²) in [5.74, 6) is 0.669. The van der Waals surface area contributed by atoms with E-state index in [1.807, 2.05) is 18.2 Å². The standard InChI is InChI=1S/C18H20N2O2S/c1-12(2)6-7-20-15-9-13(3)23-17(15)10-16(20)18(21)19-11-14-5-4-8-22-14/h4-6,8-10H,7,11H2,1-3H3,(H,19,21). The second-order valence-corrected chi connectivity index (χ2v) is 7.08. The molecule has 0 unspecified atom stereocenters. The lowest BCUT2D eigenvalue weighted by molar-refractivity contribution is 0.0939. The molecule has 1 N–H and O–H groups in total. The third-order valence-electron chi connectivity index (χ3n) is 3.63. The second-order valence-electron chi connectivity index (χ2n) is 5.79. The molecule has 1 amide bonds. The number of carbonyl (C=O) groups excluding carboxylic acids is 1. The summed E-state index contributed by atoms with van der Waals surface area (Å²) in [4.78, 5) is 13.8.